The SMILES string of the molecule is CCCCCCN1CCC(C)(c2ccc3nc(CC)oc3c2)C(C)C1. The second-order valence-corrected chi connectivity index (χ2v) is 8.07. The van der Waals surface area contributed by atoms with Crippen molar-refractivity contribution in [2.45, 2.75) is 71.6 Å². The third kappa shape index (κ3) is 3.92. The first kappa shape index (κ1) is 18.4. The lowest BCUT2D eigenvalue weighted by atomic mass is 9.68. The molecule has 2 unspecified atom stereocenters. The van der Waals surface area contributed by atoms with Gasteiger partial charge >= 0.3 is 0 Å². The van der Waals surface area contributed by atoms with Crippen LogP contribution in [0.25, 0.3) is 11.1 Å². The zero-order chi connectivity index (χ0) is 17.9. The van der Waals surface area contributed by atoms with Crippen molar-refractivity contribution in [1.29, 1.82) is 0 Å². The van der Waals surface area contributed by atoms with E-state index in [0.717, 1.165) is 23.4 Å². The van der Waals surface area contributed by atoms with Gasteiger partial charge in [-0.1, -0.05) is 53.0 Å². The predicted molar refractivity (Wildman–Crippen MR) is 105 cm³/mol. The molecular weight excluding hydrogens is 308 g/mol. The summed E-state index contributed by atoms with van der Waals surface area (Å²) in [7, 11) is 0. The van der Waals surface area contributed by atoms with Gasteiger partial charge in [0.15, 0.2) is 11.5 Å². The second-order valence-electron chi connectivity index (χ2n) is 8.07. The average Bonchev–Trinajstić information content (AvgIpc) is 3.04. The molecule has 1 aliphatic heterocycles. The summed E-state index contributed by atoms with van der Waals surface area (Å²) in [6, 6.07) is 6.66. The number of hydrogen-bond donors (Lipinski definition) is 0. The third-order valence-electron chi connectivity index (χ3n) is 6.29. The van der Waals surface area contributed by atoms with Crippen molar-refractivity contribution in [2.24, 2.45) is 5.92 Å². The van der Waals surface area contributed by atoms with E-state index in [0.29, 0.717) is 5.92 Å². The van der Waals surface area contributed by atoms with Crippen LogP contribution in [0.4, 0.5) is 0 Å². The van der Waals surface area contributed by atoms with E-state index in [-0.39, 0.29) is 5.41 Å². The van der Waals surface area contributed by atoms with Gasteiger partial charge in [0.25, 0.3) is 0 Å². The number of unbranched alkanes of at least 4 members (excludes halogenated alkanes) is 3. The van der Waals surface area contributed by atoms with Crippen LogP contribution in [0.15, 0.2) is 22.6 Å². The van der Waals surface area contributed by atoms with Gasteiger partial charge in [0, 0.05) is 13.0 Å². The molecule has 3 heteroatoms. The summed E-state index contributed by atoms with van der Waals surface area (Å²) in [6.45, 7) is 12.9. The van der Waals surface area contributed by atoms with Gasteiger partial charge in [-0.2, -0.15) is 0 Å². The molecular formula is C22H34N2O. The molecule has 1 fully saturated rings. The minimum Gasteiger partial charge on any atom is -0.441 e. The van der Waals surface area contributed by atoms with E-state index in [1.807, 2.05) is 0 Å². The fourth-order valence-corrected chi connectivity index (χ4v) is 4.19. The van der Waals surface area contributed by atoms with E-state index in [9.17, 15) is 0 Å². The molecule has 3 nitrogen and oxygen atoms in total. The molecule has 0 saturated carbocycles. The molecule has 0 radical (unpaired) electrons. The van der Waals surface area contributed by atoms with Gasteiger partial charge < -0.3 is 9.32 Å². The summed E-state index contributed by atoms with van der Waals surface area (Å²) < 4.78 is 5.90. The molecule has 2 heterocycles. The number of aromatic nitrogens is 1. The largest absolute Gasteiger partial charge is 0.441 e. The zero-order valence-corrected chi connectivity index (χ0v) is 16.5. The van der Waals surface area contributed by atoms with E-state index in [4.69, 9.17) is 4.42 Å². The van der Waals surface area contributed by atoms with Crippen LogP contribution in [0.2, 0.25) is 0 Å². The number of rotatable bonds is 7. The smallest absolute Gasteiger partial charge is 0.195 e. The van der Waals surface area contributed by atoms with Crippen molar-refractivity contribution in [3.8, 4) is 0 Å². The number of aryl methyl sites for hydroxylation is 1. The van der Waals surface area contributed by atoms with Crippen LogP contribution in [0.3, 0.4) is 0 Å². The number of likely N-dealkylation sites (tertiary alicyclic amines) is 1. The van der Waals surface area contributed by atoms with Crippen LogP contribution in [-0.4, -0.2) is 29.5 Å². The first-order chi connectivity index (χ1) is 12.1. The molecule has 3 rings (SSSR count). The Morgan fingerprint density at radius 1 is 1.24 bits per heavy atom. The van der Waals surface area contributed by atoms with Crippen molar-refractivity contribution in [1.82, 2.24) is 9.88 Å². The lowest BCUT2D eigenvalue weighted by molar-refractivity contribution is 0.109. The minimum absolute atomic E-state index is 0.229. The first-order valence-electron chi connectivity index (χ1n) is 10.2. The number of fused-ring (bicyclic) bond motifs is 1. The maximum atomic E-state index is 5.90. The van der Waals surface area contributed by atoms with Gasteiger partial charge in [0.05, 0.1) is 0 Å². The van der Waals surface area contributed by atoms with Gasteiger partial charge in [0.2, 0.25) is 0 Å². The molecule has 0 bridgehead atoms. The van der Waals surface area contributed by atoms with E-state index in [2.05, 4.69) is 55.8 Å². The zero-order valence-electron chi connectivity index (χ0n) is 16.5. The maximum Gasteiger partial charge on any atom is 0.195 e. The van der Waals surface area contributed by atoms with Crippen molar-refractivity contribution in [3.05, 3.63) is 29.7 Å². The number of piperidine rings is 1. The van der Waals surface area contributed by atoms with Crippen LogP contribution < -0.4 is 0 Å². The highest BCUT2D eigenvalue weighted by Crippen LogP contribution is 2.40. The molecule has 2 aromatic rings. The second kappa shape index (κ2) is 7.90. The Kier molecular flexibility index (Phi) is 5.83. The van der Waals surface area contributed by atoms with Crippen molar-refractivity contribution in [3.63, 3.8) is 0 Å². The van der Waals surface area contributed by atoms with E-state index < -0.39 is 0 Å². The van der Waals surface area contributed by atoms with E-state index >= 15 is 0 Å². The molecule has 1 saturated heterocycles. The van der Waals surface area contributed by atoms with Gasteiger partial charge in [-0.3, -0.25) is 0 Å². The van der Waals surface area contributed by atoms with Crippen LogP contribution in [0, 0.1) is 5.92 Å². The molecule has 0 amide bonds. The normalized spacial score (nSPS) is 24.9. The summed E-state index contributed by atoms with van der Waals surface area (Å²) in [5.74, 6) is 1.49. The van der Waals surface area contributed by atoms with Crippen LogP contribution in [0.5, 0.6) is 0 Å². The molecule has 0 N–H and O–H groups in total. The average molecular weight is 343 g/mol. The van der Waals surface area contributed by atoms with E-state index in [1.165, 1.54) is 57.3 Å². The summed E-state index contributed by atoms with van der Waals surface area (Å²) >= 11 is 0. The van der Waals surface area contributed by atoms with Gasteiger partial charge in [-0.15, -0.1) is 0 Å². The Balaban J connectivity index is 1.69. The lowest BCUT2D eigenvalue weighted by Gasteiger charge is -2.45. The number of oxazole rings is 1. The summed E-state index contributed by atoms with van der Waals surface area (Å²) in [6.07, 6.45) is 7.49. The van der Waals surface area contributed by atoms with Crippen molar-refractivity contribution >= 4 is 11.1 Å². The Morgan fingerprint density at radius 2 is 2.08 bits per heavy atom. The topological polar surface area (TPSA) is 29.3 Å². The molecule has 0 aliphatic carbocycles. The van der Waals surface area contributed by atoms with Crippen molar-refractivity contribution in [2.75, 3.05) is 19.6 Å². The Morgan fingerprint density at radius 3 is 2.80 bits per heavy atom. The van der Waals surface area contributed by atoms with Gasteiger partial charge in [-0.05, 0) is 55.0 Å². The first-order valence-corrected chi connectivity index (χ1v) is 10.2. The molecule has 25 heavy (non-hydrogen) atoms. The highest BCUT2D eigenvalue weighted by Gasteiger charge is 2.38. The van der Waals surface area contributed by atoms with Gasteiger partial charge in [-0.25, -0.2) is 4.98 Å². The summed E-state index contributed by atoms with van der Waals surface area (Å²) in [4.78, 5) is 7.22. The highest BCUT2D eigenvalue weighted by atomic mass is 16.3. The maximum absolute atomic E-state index is 5.90. The van der Waals surface area contributed by atoms with Crippen molar-refractivity contribution < 1.29 is 4.42 Å². The van der Waals surface area contributed by atoms with Gasteiger partial charge in [0.1, 0.15) is 5.52 Å². The minimum atomic E-state index is 0.229. The lowest BCUT2D eigenvalue weighted by Crippen LogP contribution is -2.47. The Bertz CT molecular complexity index is 692. The standard InChI is InChI=1S/C22H34N2O/c1-5-7-8-9-13-24-14-12-22(4,17(3)16-24)18-10-11-19-20(15-18)25-21(6-2)23-19/h10-11,15,17H,5-9,12-14,16H2,1-4H3. The summed E-state index contributed by atoms with van der Waals surface area (Å²) in [5.41, 5.74) is 3.58. The van der Waals surface area contributed by atoms with Crippen LogP contribution in [-0.2, 0) is 11.8 Å². The number of nitrogens with zero attached hydrogens (tertiary/aromatic N) is 2. The quantitative estimate of drug-likeness (QED) is 0.616. The fraction of sp³-hybridized carbons (Fsp3) is 0.682. The molecule has 2 atom stereocenters. The Labute approximate surface area is 152 Å². The predicted octanol–water partition coefficient (Wildman–Crippen LogP) is 5.57. The monoisotopic (exact) mass is 342 g/mol. The van der Waals surface area contributed by atoms with Crippen LogP contribution in [0.1, 0.15) is 71.3 Å². The number of benzene rings is 1. The molecule has 0 spiro atoms. The summed E-state index contributed by atoms with van der Waals surface area (Å²) in [5, 5.41) is 0. The molecule has 138 valence electrons. The Hall–Kier alpha value is -1.35. The third-order valence-corrected chi connectivity index (χ3v) is 6.29. The molecule has 1 aromatic carbocycles. The fourth-order valence-electron chi connectivity index (χ4n) is 4.19. The molecule has 1 aliphatic rings. The number of hydrogen-bond acceptors (Lipinski definition) is 3. The highest BCUT2D eigenvalue weighted by molar-refractivity contribution is 5.73. The molecule has 1 aromatic heterocycles. The van der Waals surface area contributed by atoms with E-state index in [1.54, 1.807) is 0 Å². The van der Waals surface area contributed by atoms with Crippen LogP contribution >= 0.6 is 0 Å².